The molecule has 2 aromatic heterocycles. The zero-order valence-corrected chi connectivity index (χ0v) is 12.2. The van der Waals surface area contributed by atoms with E-state index in [4.69, 9.17) is 10.1 Å². The zero-order valence-electron chi connectivity index (χ0n) is 12.2. The summed E-state index contributed by atoms with van der Waals surface area (Å²) in [6.07, 6.45) is 0. The summed E-state index contributed by atoms with van der Waals surface area (Å²) in [5.74, 6) is 0.929. The molecule has 0 saturated heterocycles. The molecule has 0 aliphatic heterocycles. The number of hydrogen-bond acceptors (Lipinski definition) is 2. The van der Waals surface area contributed by atoms with Crippen molar-refractivity contribution in [3.05, 3.63) is 71.5 Å². The van der Waals surface area contributed by atoms with Gasteiger partial charge in [-0.25, -0.2) is 4.98 Å². The van der Waals surface area contributed by atoms with Crippen LogP contribution in [0.25, 0.3) is 17.1 Å². The molecule has 0 spiro atoms. The van der Waals surface area contributed by atoms with Crippen molar-refractivity contribution in [2.24, 2.45) is 0 Å². The summed E-state index contributed by atoms with van der Waals surface area (Å²) in [6, 6.07) is 18.1. The van der Waals surface area contributed by atoms with Crippen molar-refractivity contribution in [2.75, 3.05) is 0 Å². The average Bonchev–Trinajstić information content (AvgIpc) is 2.86. The van der Waals surface area contributed by atoms with Crippen LogP contribution >= 0.6 is 0 Å². The quantitative estimate of drug-likeness (QED) is 0.794. The maximum Gasteiger partial charge on any atom is 0.137 e. The monoisotopic (exact) mass is 278 g/mol. The molecule has 106 valence electrons. The molecule has 0 fully saturated rings. The van der Waals surface area contributed by atoms with Gasteiger partial charge in [0.25, 0.3) is 0 Å². The molecular weight excluding hydrogens is 260 g/mol. The molecule has 1 aromatic carbocycles. The first-order valence-electron chi connectivity index (χ1n) is 7.01. The van der Waals surface area contributed by atoms with Gasteiger partial charge in [-0.2, -0.15) is 0 Å². The van der Waals surface area contributed by atoms with Crippen LogP contribution in [0.1, 0.15) is 17.0 Å². The van der Waals surface area contributed by atoms with Crippen LogP contribution < -0.4 is 0 Å². The maximum absolute atomic E-state index is 9.11. The summed E-state index contributed by atoms with van der Waals surface area (Å²) in [5.41, 5.74) is 5.24. The largest absolute Gasteiger partial charge is 0.392 e. The van der Waals surface area contributed by atoms with Gasteiger partial charge in [0.1, 0.15) is 5.82 Å². The van der Waals surface area contributed by atoms with Crippen molar-refractivity contribution in [1.29, 1.82) is 0 Å². The van der Waals surface area contributed by atoms with Gasteiger partial charge in [-0.1, -0.05) is 30.3 Å². The molecule has 21 heavy (non-hydrogen) atoms. The highest BCUT2D eigenvalue weighted by Gasteiger charge is 2.07. The third-order valence-corrected chi connectivity index (χ3v) is 3.67. The Morgan fingerprint density at radius 2 is 1.57 bits per heavy atom. The van der Waals surface area contributed by atoms with Gasteiger partial charge >= 0.3 is 0 Å². The van der Waals surface area contributed by atoms with Crippen LogP contribution in [0, 0.1) is 13.8 Å². The van der Waals surface area contributed by atoms with Gasteiger partial charge in [0.15, 0.2) is 0 Å². The van der Waals surface area contributed by atoms with Crippen molar-refractivity contribution < 1.29 is 5.11 Å². The molecule has 2 heterocycles. The molecule has 0 aliphatic rings. The zero-order chi connectivity index (χ0) is 14.8. The first-order valence-corrected chi connectivity index (χ1v) is 7.01. The summed E-state index contributed by atoms with van der Waals surface area (Å²) < 4.78 is 2.14. The Morgan fingerprint density at radius 3 is 2.19 bits per heavy atom. The second kappa shape index (κ2) is 5.54. The van der Waals surface area contributed by atoms with Gasteiger partial charge < -0.3 is 9.67 Å². The van der Waals surface area contributed by atoms with Gasteiger partial charge in [0.05, 0.1) is 12.3 Å². The van der Waals surface area contributed by atoms with Crippen LogP contribution in [-0.2, 0) is 6.61 Å². The number of aryl methyl sites for hydroxylation is 2. The Kier molecular flexibility index (Phi) is 3.59. The van der Waals surface area contributed by atoms with E-state index in [2.05, 4.69) is 30.5 Å². The minimum absolute atomic E-state index is 0.0650. The van der Waals surface area contributed by atoms with E-state index in [0.717, 1.165) is 22.6 Å². The highest BCUT2D eigenvalue weighted by molar-refractivity contribution is 5.60. The minimum Gasteiger partial charge on any atom is -0.392 e. The average molecular weight is 278 g/mol. The molecular formula is C18H18N2O. The number of rotatable bonds is 3. The molecule has 0 bridgehead atoms. The van der Waals surface area contributed by atoms with E-state index in [9.17, 15) is 0 Å². The third kappa shape index (κ3) is 2.60. The van der Waals surface area contributed by atoms with Crippen molar-refractivity contribution >= 4 is 0 Å². The number of hydrogen-bond donors (Lipinski definition) is 1. The van der Waals surface area contributed by atoms with Gasteiger partial charge in [0, 0.05) is 17.0 Å². The van der Waals surface area contributed by atoms with Crippen LogP contribution in [0.4, 0.5) is 0 Å². The number of aliphatic hydroxyl groups excluding tert-OH is 1. The van der Waals surface area contributed by atoms with Crippen molar-refractivity contribution in [1.82, 2.24) is 9.55 Å². The molecule has 3 rings (SSSR count). The fourth-order valence-corrected chi connectivity index (χ4v) is 2.52. The predicted octanol–water partition coefficient (Wildman–Crippen LogP) is 3.65. The molecule has 1 N–H and O–H groups in total. The van der Waals surface area contributed by atoms with Gasteiger partial charge in [-0.3, -0.25) is 0 Å². The molecule has 0 unspecified atom stereocenters. The van der Waals surface area contributed by atoms with Gasteiger partial charge in [-0.05, 0) is 43.7 Å². The highest BCUT2D eigenvalue weighted by Crippen LogP contribution is 2.21. The number of nitrogens with zero attached hydrogens (tertiary/aromatic N) is 2. The fraction of sp³-hybridized carbons (Fsp3) is 0.167. The third-order valence-electron chi connectivity index (χ3n) is 3.67. The Balaban J connectivity index is 2.03. The second-order valence-corrected chi connectivity index (χ2v) is 5.19. The van der Waals surface area contributed by atoms with Crippen molar-refractivity contribution in [2.45, 2.75) is 20.5 Å². The Labute approximate surface area is 124 Å². The summed E-state index contributed by atoms with van der Waals surface area (Å²) >= 11 is 0. The fourth-order valence-electron chi connectivity index (χ4n) is 2.52. The van der Waals surface area contributed by atoms with E-state index in [-0.39, 0.29) is 6.61 Å². The lowest BCUT2D eigenvalue weighted by Gasteiger charge is -2.10. The first-order chi connectivity index (χ1) is 10.2. The van der Waals surface area contributed by atoms with E-state index in [1.807, 2.05) is 42.5 Å². The van der Waals surface area contributed by atoms with Crippen LogP contribution in [-0.4, -0.2) is 14.7 Å². The van der Waals surface area contributed by atoms with Crippen LogP contribution in [0.2, 0.25) is 0 Å². The highest BCUT2D eigenvalue weighted by atomic mass is 16.3. The van der Waals surface area contributed by atoms with Gasteiger partial charge in [-0.15, -0.1) is 0 Å². The SMILES string of the molecule is Cc1ccc(C)n1-c1cccc(-c2ccc(CO)cc2)n1. The summed E-state index contributed by atoms with van der Waals surface area (Å²) in [7, 11) is 0. The minimum atomic E-state index is 0.0650. The van der Waals surface area contributed by atoms with Crippen LogP contribution in [0.3, 0.4) is 0 Å². The Bertz CT molecular complexity index is 738. The topological polar surface area (TPSA) is 38.0 Å². The number of benzene rings is 1. The normalized spacial score (nSPS) is 10.8. The number of aromatic nitrogens is 2. The molecule has 3 aromatic rings. The lowest BCUT2D eigenvalue weighted by atomic mass is 10.1. The van der Waals surface area contributed by atoms with Crippen molar-refractivity contribution in [3.8, 4) is 17.1 Å². The molecule has 3 nitrogen and oxygen atoms in total. The smallest absolute Gasteiger partial charge is 0.137 e. The molecule has 0 radical (unpaired) electrons. The molecule has 3 heteroatoms. The van der Waals surface area contributed by atoms with E-state index < -0.39 is 0 Å². The number of aliphatic hydroxyl groups is 1. The number of pyridine rings is 1. The van der Waals surface area contributed by atoms with Crippen molar-refractivity contribution in [3.63, 3.8) is 0 Å². The lowest BCUT2D eigenvalue weighted by Crippen LogP contribution is -2.02. The molecule has 0 amide bonds. The maximum atomic E-state index is 9.11. The Morgan fingerprint density at radius 1 is 0.905 bits per heavy atom. The summed E-state index contributed by atoms with van der Waals surface area (Å²) in [6.45, 7) is 4.23. The molecule has 0 saturated carbocycles. The lowest BCUT2D eigenvalue weighted by molar-refractivity contribution is 0.282. The summed E-state index contributed by atoms with van der Waals surface area (Å²) in [5, 5.41) is 9.11. The predicted molar refractivity (Wildman–Crippen MR) is 84.4 cm³/mol. The van der Waals surface area contributed by atoms with Gasteiger partial charge in [0.2, 0.25) is 0 Å². The van der Waals surface area contributed by atoms with E-state index in [0.29, 0.717) is 0 Å². The standard InChI is InChI=1S/C18H18N2O/c1-13-6-7-14(2)20(13)18-5-3-4-17(19-18)16-10-8-15(12-21)9-11-16/h3-11,21H,12H2,1-2H3. The second-order valence-electron chi connectivity index (χ2n) is 5.19. The van der Waals surface area contributed by atoms with Crippen LogP contribution in [0.15, 0.2) is 54.6 Å². The molecule has 0 atom stereocenters. The summed E-state index contributed by atoms with van der Waals surface area (Å²) in [4.78, 5) is 4.76. The van der Waals surface area contributed by atoms with E-state index >= 15 is 0 Å². The van der Waals surface area contributed by atoms with E-state index in [1.54, 1.807) is 0 Å². The first kappa shape index (κ1) is 13.6. The van der Waals surface area contributed by atoms with E-state index in [1.165, 1.54) is 11.4 Å². The molecule has 0 aliphatic carbocycles. The Hall–Kier alpha value is -2.39. The van der Waals surface area contributed by atoms with Crippen LogP contribution in [0.5, 0.6) is 0 Å².